The fraction of sp³-hybridized carbons (Fsp3) is 1.00. The van der Waals surface area contributed by atoms with Crippen LogP contribution in [-0.2, 0) is 10.0 Å². The number of nitrogens with one attached hydrogen (secondary N) is 2. The van der Waals surface area contributed by atoms with Crippen molar-refractivity contribution in [3.05, 3.63) is 0 Å². The van der Waals surface area contributed by atoms with Crippen LogP contribution in [0.2, 0.25) is 0 Å². The zero-order chi connectivity index (χ0) is 13.6. The Kier molecular flexibility index (Phi) is 6.60. The van der Waals surface area contributed by atoms with Crippen molar-refractivity contribution in [1.29, 1.82) is 0 Å². The minimum atomic E-state index is -3.09. The van der Waals surface area contributed by atoms with Crippen molar-refractivity contribution >= 4 is 10.0 Å². The third kappa shape index (κ3) is 6.71. The summed E-state index contributed by atoms with van der Waals surface area (Å²) in [5, 5.41) is 3.24. The Morgan fingerprint density at radius 2 is 2.00 bits per heavy atom. The van der Waals surface area contributed by atoms with Crippen LogP contribution >= 0.6 is 0 Å². The van der Waals surface area contributed by atoms with E-state index in [4.69, 9.17) is 0 Å². The summed E-state index contributed by atoms with van der Waals surface area (Å²) >= 11 is 0. The van der Waals surface area contributed by atoms with Gasteiger partial charge in [-0.25, -0.2) is 13.1 Å². The molecular formula is C13H28N2O2S. The van der Waals surface area contributed by atoms with Crippen LogP contribution in [0.15, 0.2) is 0 Å². The Labute approximate surface area is 112 Å². The van der Waals surface area contributed by atoms with Gasteiger partial charge in [-0.3, -0.25) is 0 Å². The Bertz CT molecular complexity index is 328. The van der Waals surface area contributed by atoms with Gasteiger partial charge in [0.05, 0.1) is 5.75 Å². The topological polar surface area (TPSA) is 58.2 Å². The molecule has 0 heterocycles. The third-order valence-electron chi connectivity index (χ3n) is 3.43. The normalized spacial score (nSPS) is 25.6. The molecule has 0 saturated heterocycles. The SMILES string of the molecule is CC1CCCC(NS(=O)(=O)CCCNC(C)C)C1. The van der Waals surface area contributed by atoms with Crippen LogP contribution in [0.5, 0.6) is 0 Å². The van der Waals surface area contributed by atoms with Gasteiger partial charge in [0.25, 0.3) is 0 Å². The molecule has 5 heteroatoms. The lowest BCUT2D eigenvalue weighted by Crippen LogP contribution is -2.39. The van der Waals surface area contributed by atoms with E-state index in [1.54, 1.807) is 0 Å². The van der Waals surface area contributed by atoms with Crippen molar-refractivity contribution in [1.82, 2.24) is 10.0 Å². The molecule has 1 fully saturated rings. The standard InChI is InChI=1S/C13H28N2O2S/c1-11(2)14-8-5-9-18(16,17)15-13-7-4-6-12(3)10-13/h11-15H,4-10H2,1-3H3. The monoisotopic (exact) mass is 276 g/mol. The molecule has 0 aromatic rings. The van der Waals surface area contributed by atoms with Gasteiger partial charge in [-0.15, -0.1) is 0 Å². The highest BCUT2D eigenvalue weighted by Crippen LogP contribution is 2.23. The average molecular weight is 276 g/mol. The summed E-state index contributed by atoms with van der Waals surface area (Å²) in [6.07, 6.45) is 5.03. The Hall–Kier alpha value is -0.130. The smallest absolute Gasteiger partial charge is 0.211 e. The second-order valence-corrected chi connectivity index (χ2v) is 7.74. The van der Waals surface area contributed by atoms with Crippen LogP contribution < -0.4 is 10.0 Å². The van der Waals surface area contributed by atoms with Crippen LogP contribution in [0.1, 0.15) is 52.9 Å². The molecule has 1 saturated carbocycles. The summed E-state index contributed by atoms with van der Waals surface area (Å²) < 4.78 is 26.7. The van der Waals surface area contributed by atoms with Gasteiger partial charge >= 0.3 is 0 Å². The molecule has 0 aromatic heterocycles. The van der Waals surface area contributed by atoms with E-state index in [0.717, 1.165) is 25.8 Å². The van der Waals surface area contributed by atoms with E-state index in [1.165, 1.54) is 6.42 Å². The first-order valence-corrected chi connectivity index (χ1v) is 8.77. The maximum absolute atomic E-state index is 11.9. The van der Waals surface area contributed by atoms with Gasteiger partial charge in [0.2, 0.25) is 10.0 Å². The molecule has 0 aromatic carbocycles. The van der Waals surface area contributed by atoms with E-state index >= 15 is 0 Å². The Balaban J connectivity index is 2.26. The van der Waals surface area contributed by atoms with Gasteiger partial charge in [0.15, 0.2) is 0 Å². The van der Waals surface area contributed by atoms with Crippen molar-refractivity contribution in [2.45, 2.75) is 65.0 Å². The highest BCUT2D eigenvalue weighted by molar-refractivity contribution is 7.89. The summed E-state index contributed by atoms with van der Waals surface area (Å²) in [6.45, 7) is 7.10. The number of rotatable bonds is 7. The van der Waals surface area contributed by atoms with Crippen molar-refractivity contribution in [2.24, 2.45) is 5.92 Å². The molecule has 2 N–H and O–H groups in total. The quantitative estimate of drug-likeness (QED) is 0.698. The lowest BCUT2D eigenvalue weighted by Gasteiger charge is -2.27. The van der Waals surface area contributed by atoms with Gasteiger partial charge in [-0.05, 0) is 31.7 Å². The summed E-state index contributed by atoms with van der Waals surface area (Å²) in [5.74, 6) is 0.881. The molecule has 0 bridgehead atoms. The van der Waals surface area contributed by atoms with E-state index in [1.807, 2.05) is 0 Å². The predicted octanol–water partition coefficient (Wildman–Crippen LogP) is 1.87. The minimum Gasteiger partial charge on any atom is -0.314 e. The Morgan fingerprint density at radius 1 is 1.28 bits per heavy atom. The summed E-state index contributed by atoms with van der Waals surface area (Å²) in [7, 11) is -3.09. The number of hydrogen-bond acceptors (Lipinski definition) is 3. The molecule has 0 amide bonds. The molecule has 108 valence electrons. The highest BCUT2D eigenvalue weighted by Gasteiger charge is 2.23. The first-order chi connectivity index (χ1) is 8.39. The molecule has 18 heavy (non-hydrogen) atoms. The number of hydrogen-bond donors (Lipinski definition) is 2. The van der Waals surface area contributed by atoms with E-state index in [0.29, 0.717) is 18.4 Å². The molecule has 0 spiro atoms. The highest BCUT2D eigenvalue weighted by atomic mass is 32.2. The van der Waals surface area contributed by atoms with Crippen LogP contribution in [0, 0.1) is 5.92 Å². The zero-order valence-corrected chi connectivity index (χ0v) is 12.7. The second kappa shape index (κ2) is 7.46. The second-order valence-electron chi connectivity index (χ2n) is 5.87. The first-order valence-electron chi connectivity index (χ1n) is 7.12. The average Bonchev–Trinajstić information content (AvgIpc) is 2.23. The maximum Gasteiger partial charge on any atom is 0.211 e. The molecule has 0 radical (unpaired) electrons. The van der Waals surface area contributed by atoms with Gasteiger partial charge in [-0.2, -0.15) is 0 Å². The third-order valence-corrected chi connectivity index (χ3v) is 4.94. The van der Waals surface area contributed by atoms with Gasteiger partial charge in [-0.1, -0.05) is 33.6 Å². The molecule has 1 rings (SSSR count). The van der Waals surface area contributed by atoms with Gasteiger partial charge in [0, 0.05) is 12.1 Å². The summed E-state index contributed by atoms with van der Waals surface area (Å²) in [4.78, 5) is 0. The Morgan fingerprint density at radius 3 is 2.61 bits per heavy atom. The van der Waals surface area contributed by atoms with Crippen molar-refractivity contribution in [3.63, 3.8) is 0 Å². The van der Waals surface area contributed by atoms with E-state index < -0.39 is 10.0 Å². The van der Waals surface area contributed by atoms with E-state index in [-0.39, 0.29) is 11.8 Å². The van der Waals surface area contributed by atoms with E-state index in [2.05, 4.69) is 30.8 Å². The largest absolute Gasteiger partial charge is 0.314 e. The maximum atomic E-state index is 11.9. The molecule has 1 aliphatic rings. The van der Waals surface area contributed by atoms with Crippen LogP contribution in [0.25, 0.3) is 0 Å². The lowest BCUT2D eigenvalue weighted by molar-refractivity contribution is 0.327. The molecular weight excluding hydrogens is 248 g/mol. The molecule has 1 aliphatic carbocycles. The fourth-order valence-corrected chi connectivity index (χ4v) is 3.87. The van der Waals surface area contributed by atoms with Crippen molar-refractivity contribution < 1.29 is 8.42 Å². The predicted molar refractivity (Wildman–Crippen MR) is 76.1 cm³/mol. The fourth-order valence-electron chi connectivity index (χ4n) is 2.51. The van der Waals surface area contributed by atoms with Gasteiger partial charge < -0.3 is 5.32 Å². The summed E-state index contributed by atoms with van der Waals surface area (Å²) in [6, 6.07) is 0.580. The van der Waals surface area contributed by atoms with Crippen LogP contribution in [-0.4, -0.2) is 32.8 Å². The van der Waals surface area contributed by atoms with Crippen LogP contribution in [0.3, 0.4) is 0 Å². The minimum absolute atomic E-state index is 0.164. The molecule has 2 atom stereocenters. The summed E-state index contributed by atoms with van der Waals surface area (Å²) in [5.41, 5.74) is 0. The lowest BCUT2D eigenvalue weighted by atomic mass is 9.88. The molecule has 4 nitrogen and oxygen atoms in total. The van der Waals surface area contributed by atoms with E-state index in [9.17, 15) is 8.42 Å². The molecule has 2 unspecified atom stereocenters. The zero-order valence-electron chi connectivity index (χ0n) is 11.9. The van der Waals surface area contributed by atoms with Crippen molar-refractivity contribution in [2.75, 3.05) is 12.3 Å². The first kappa shape index (κ1) is 15.9. The number of sulfonamides is 1. The molecule has 0 aliphatic heterocycles. The van der Waals surface area contributed by atoms with Crippen LogP contribution in [0.4, 0.5) is 0 Å². The van der Waals surface area contributed by atoms with Gasteiger partial charge in [0.1, 0.15) is 0 Å². The van der Waals surface area contributed by atoms with Crippen molar-refractivity contribution in [3.8, 4) is 0 Å².